The average Bonchev–Trinajstić information content (AvgIpc) is 2.55. The lowest BCUT2D eigenvalue weighted by Crippen LogP contribution is -2.49. The largest absolute Gasteiger partial charge is 0.496 e. The Bertz CT molecular complexity index is 669. The Labute approximate surface area is 145 Å². The number of hydrogen-bond acceptors (Lipinski definition) is 3. The van der Waals surface area contributed by atoms with Gasteiger partial charge in [0.1, 0.15) is 11.3 Å². The first-order valence-corrected chi connectivity index (χ1v) is 8.19. The van der Waals surface area contributed by atoms with Crippen molar-refractivity contribution in [2.24, 2.45) is 5.73 Å². The lowest BCUT2D eigenvalue weighted by molar-refractivity contribution is -0.126. The van der Waals surface area contributed by atoms with E-state index in [4.69, 9.17) is 10.5 Å². The third-order valence-electron chi connectivity index (χ3n) is 3.79. The van der Waals surface area contributed by atoms with E-state index in [1.807, 2.05) is 48.5 Å². The first kappa shape index (κ1) is 17.5. The summed E-state index contributed by atoms with van der Waals surface area (Å²) in [6.07, 6.45) is 0.687. The number of nitrogens with one attached hydrogen (secondary N) is 1. The number of benzene rings is 2. The van der Waals surface area contributed by atoms with Gasteiger partial charge >= 0.3 is 0 Å². The summed E-state index contributed by atoms with van der Waals surface area (Å²) in [6.45, 7) is 2.22. The van der Waals surface area contributed by atoms with Gasteiger partial charge in [-0.3, -0.25) is 4.79 Å². The zero-order chi connectivity index (χ0) is 16.9. The van der Waals surface area contributed by atoms with E-state index < -0.39 is 5.54 Å². The maximum absolute atomic E-state index is 12.4. The summed E-state index contributed by atoms with van der Waals surface area (Å²) in [5, 5.41) is 2.90. The predicted molar refractivity (Wildman–Crippen MR) is 95.4 cm³/mol. The van der Waals surface area contributed by atoms with Gasteiger partial charge < -0.3 is 15.8 Å². The minimum Gasteiger partial charge on any atom is -0.496 e. The maximum atomic E-state index is 12.4. The van der Waals surface area contributed by atoms with Crippen LogP contribution in [0.4, 0.5) is 0 Å². The van der Waals surface area contributed by atoms with E-state index in [1.165, 1.54) is 0 Å². The second kappa shape index (κ2) is 7.62. The van der Waals surface area contributed by atoms with Crippen LogP contribution in [0.15, 0.2) is 53.0 Å². The number of rotatable bonds is 6. The van der Waals surface area contributed by atoms with Crippen molar-refractivity contribution in [1.29, 1.82) is 0 Å². The van der Waals surface area contributed by atoms with Gasteiger partial charge in [-0.25, -0.2) is 0 Å². The quantitative estimate of drug-likeness (QED) is 0.814. The zero-order valence-electron chi connectivity index (χ0n) is 13.3. The summed E-state index contributed by atoms with van der Waals surface area (Å²) >= 11 is 3.38. The minimum atomic E-state index is -1.07. The molecule has 0 spiro atoms. The van der Waals surface area contributed by atoms with Gasteiger partial charge in [-0.2, -0.15) is 0 Å². The van der Waals surface area contributed by atoms with Crippen LogP contribution in [0.3, 0.4) is 0 Å². The Morgan fingerprint density at radius 2 is 1.87 bits per heavy atom. The van der Waals surface area contributed by atoms with E-state index >= 15 is 0 Å². The summed E-state index contributed by atoms with van der Waals surface area (Å²) in [5.74, 6) is 0.625. The van der Waals surface area contributed by atoms with E-state index in [0.29, 0.717) is 13.0 Å². The summed E-state index contributed by atoms with van der Waals surface area (Å²) < 4.78 is 6.26. The first-order valence-electron chi connectivity index (χ1n) is 7.40. The first-order chi connectivity index (χ1) is 10.9. The summed E-state index contributed by atoms with van der Waals surface area (Å²) in [6, 6.07) is 15.2. The summed E-state index contributed by atoms with van der Waals surface area (Å²) in [5.41, 5.74) is 6.97. The molecule has 0 saturated carbocycles. The number of ether oxygens (including phenoxy) is 1. The van der Waals surface area contributed by atoms with E-state index in [1.54, 1.807) is 14.0 Å². The van der Waals surface area contributed by atoms with Crippen molar-refractivity contribution in [3.8, 4) is 5.75 Å². The molecule has 1 unspecified atom stereocenters. The molecule has 122 valence electrons. The SMILES string of the molecule is COc1ccccc1CCNC(=O)C(C)(N)c1ccc(Br)cc1. The molecule has 0 aliphatic rings. The number of carbonyl (C=O) groups is 1. The van der Waals surface area contributed by atoms with Crippen LogP contribution in [-0.4, -0.2) is 19.6 Å². The van der Waals surface area contributed by atoms with E-state index in [0.717, 1.165) is 21.3 Å². The van der Waals surface area contributed by atoms with Gasteiger partial charge in [-0.05, 0) is 42.7 Å². The van der Waals surface area contributed by atoms with Gasteiger partial charge in [0.2, 0.25) is 5.91 Å². The van der Waals surface area contributed by atoms with Crippen molar-refractivity contribution < 1.29 is 9.53 Å². The average molecular weight is 377 g/mol. The van der Waals surface area contributed by atoms with Crippen LogP contribution in [-0.2, 0) is 16.8 Å². The second-order valence-corrected chi connectivity index (χ2v) is 6.44. The molecule has 0 aliphatic heterocycles. The molecular formula is C18H21BrN2O2. The molecule has 4 nitrogen and oxygen atoms in total. The summed E-state index contributed by atoms with van der Waals surface area (Å²) in [7, 11) is 1.64. The highest BCUT2D eigenvalue weighted by molar-refractivity contribution is 9.10. The zero-order valence-corrected chi connectivity index (χ0v) is 14.9. The molecule has 2 aromatic rings. The molecule has 3 N–H and O–H groups in total. The predicted octanol–water partition coefficient (Wildman–Crippen LogP) is 2.99. The third kappa shape index (κ3) is 4.33. The van der Waals surface area contributed by atoms with Crippen LogP contribution in [0.2, 0.25) is 0 Å². The molecule has 2 aromatic carbocycles. The number of amides is 1. The number of nitrogens with two attached hydrogens (primary N) is 1. The van der Waals surface area contributed by atoms with Crippen LogP contribution in [0, 0.1) is 0 Å². The topological polar surface area (TPSA) is 64.3 Å². The molecule has 0 fully saturated rings. The minimum absolute atomic E-state index is 0.199. The van der Waals surface area contributed by atoms with Crippen molar-refractivity contribution in [2.45, 2.75) is 18.9 Å². The Kier molecular flexibility index (Phi) is 5.80. The van der Waals surface area contributed by atoms with Gasteiger partial charge in [0, 0.05) is 11.0 Å². The van der Waals surface area contributed by atoms with Crippen LogP contribution < -0.4 is 15.8 Å². The number of para-hydroxylation sites is 1. The fourth-order valence-electron chi connectivity index (χ4n) is 2.33. The van der Waals surface area contributed by atoms with Gasteiger partial charge in [0.15, 0.2) is 0 Å². The van der Waals surface area contributed by atoms with Crippen molar-refractivity contribution in [1.82, 2.24) is 5.32 Å². The molecular weight excluding hydrogens is 356 g/mol. The van der Waals surface area contributed by atoms with Gasteiger partial charge in [0.25, 0.3) is 0 Å². The summed E-state index contributed by atoms with van der Waals surface area (Å²) in [4.78, 5) is 12.4. The van der Waals surface area contributed by atoms with Crippen molar-refractivity contribution in [3.63, 3.8) is 0 Å². The number of carbonyl (C=O) groups excluding carboxylic acids is 1. The highest BCUT2D eigenvalue weighted by atomic mass is 79.9. The van der Waals surface area contributed by atoms with E-state index in [-0.39, 0.29) is 5.91 Å². The normalized spacial score (nSPS) is 13.2. The van der Waals surface area contributed by atoms with Crippen LogP contribution >= 0.6 is 15.9 Å². The third-order valence-corrected chi connectivity index (χ3v) is 4.32. The Hall–Kier alpha value is -1.85. The fraction of sp³-hybridized carbons (Fsp3) is 0.278. The van der Waals surface area contributed by atoms with Crippen molar-refractivity contribution >= 4 is 21.8 Å². The van der Waals surface area contributed by atoms with Gasteiger partial charge in [0.05, 0.1) is 7.11 Å². The molecule has 23 heavy (non-hydrogen) atoms. The van der Waals surface area contributed by atoms with Gasteiger partial charge in [-0.15, -0.1) is 0 Å². The molecule has 5 heteroatoms. The molecule has 1 atom stereocenters. The molecule has 0 bridgehead atoms. The van der Waals surface area contributed by atoms with Crippen molar-refractivity contribution in [3.05, 3.63) is 64.1 Å². The lowest BCUT2D eigenvalue weighted by Gasteiger charge is -2.24. The van der Waals surface area contributed by atoms with E-state index in [2.05, 4.69) is 21.2 Å². The van der Waals surface area contributed by atoms with Crippen molar-refractivity contribution in [2.75, 3.05) is 13.7 Å². The number of methoxy groups -OCH3 is 1. The molecule has 0 radical (unpaired) electrons. The van der Waals surface area contributed by atoms with Crippen LogP contribution in [0.1, 0.15) is 18.1 Å². The van der Waals surface area contributed by atoms with Crippen LogP contribution in [0.5, 0.6) is 5.75 Å². The molecule has 0 saturated heterocycles. The van der Waals surface area contributed by atoms with Gasteiger partial charge in [-0.1, -0.05) is 46.3 Å². The molecule has 2 rings (SSSR count). The maximum Gasteiger partial charge on any atom is 0.244 e. The van der Waals surface area contributed by atoms with E-state index in [9.17, 15) is 4.79 Å². The monoisotopic (exact) mass is 376 g/mol. The van der Waals surface area contributed by atoms with Crippen LogP contribution in [0.25, 0.3) is 0 Å². The fourth-order valence-corrected chi connectivity index (χ4v) is 2.60. The molecule has 0 aromatic heterocycles. The molecule has 1 amide bonds. The number of halogens is 1. The highest BCUT2D eigenvalue weighted by Gasteiger charge is 2.30. The highest BCUT2D eigenvalue weighted by Crippen LogP contribution is 2.21. The Balaban J connectivity index is 1.97. The Morgan fingerprint density at radius 1 is 1.22 bits per heavy atom. The Morgan fingerprint density at radius 3 is 2.52 bits per heavy atom. The number of hydrogen-bond donors (Lipinski definition) is 2. The standard InChI is InChI=1S/C18H21BrN2O2/c1-18(20,14-7-9-15(19)10-8-14)17(22)21-12-11-13-5-3-4-6-16(13)23-2/h3-10H,11-12,20H2,1-2H3,(H,21,22). The second-order valence-electron chi connectivity index (χ2n) is 5.53. The molecule has 0 aliphatic carbocycles. The molecule has 0 heterocycles. The lowest BCUT2D eigenvalue weighted by atomic mass is 9.92. The smallest absolute Gasteiger partial charge is 0.244 e.